The molecule has 2 N–H and O–H groups in total. The van der Waals surface area contributed by atoms with Crippen molar-refractivity contribution in [1.29, 1.82) is 0 Å². The molecule has 4 nitrogen and oxygen atoms in total. The van der Waals surface area contributed by atoms with E-state index < -0.39 is 11.9 Å². The molecule has 0 fully saturated rings. The molecular weight excluding hydrogens is 256 g/mol. The Morgan fingerprint density at radius 2 is 1.70 bits per heavy atom. The van der Waals surface area contributed by atoms with Gasteiger partial charge in [0.1, 0.15) is 0 Å². The highest BCUT2D eigenvalue weighted by atomic mass is 16.4. The number of fused-ring (bicyclic) bond motifs is 1. The van der Waals surface area contributed by atoms with Gasteiger partial charge in [0.2, 0.25) is 0 Å². The fourth-order valence-electron chi connectivity index (χ4n) is 1.68. The first-order chi connectivity index (χ1) is 9.52. The number of carboxylic acid groups (broad SMARTS) is 2. The molecule has 0 aliphatic heterocycles. The summed E-state index contributed by atoms with van der Waals surface area (Å²) in [6.07, 6.45) is 5.62. The highest BCUT2D eigenvalue weighted by Crippen LogP contribution is 2.22. The van der Waals surface area contributed by atoms with Crippen LogP contribution in [0.15, 0.2) is 36.4 Å². The zero-order chi connectivity index (χ0) is 15.1. The van der Waals surface area contributed by atoms with Gasteiger partial charge >= 0.3 is 11.9 Å². The number of hydrogen-bond acceptors (Lipinski definition) is 2. The fraction of sp³-hybridized carbons (Fsp3) is 0.125. The third-order valence-electron chi connectivity index (χ3n) is 2.58. The monoisotopic (exact) mass is 270 g/mol. The van der Waals surface area contributed by atoms with Gasteiger partial charge < -0.3 is 10.2 Å². The van der Waals surface area contributed by atoms with E-state index in [4.69, 9.17) is 16.6 Å². The Kier molecular flexibility index (Phi) is 5.31. The maximum Gasteiger partial charge on any atom is 0.337 e. The van der Waals surface area contributed by atoms with Crippen LogP contribution in [0.1, 0.15) is 34.1 Å². The van der Waals surface area contributed by atoms with Crippen molar-refractivity contribution in [2.45, 2.75) is 13.3 Å². The summed E-state index contributed by atoms with van der Waals surface area (Å²) in [6.45, 7) is 1.94. The van der Waals surface area contributed by atoms with E-state index in [-0.39, 0.29) is 11.1 Å². The number of benzene rings is 2. The van der Waals surface area contributed by atoms with Gasteiger partial charge in [-0.05, 0) is 16.8 Å². The lowest BCUT2D eigenvalue weighted by Crippen LogP contribution is -2.08. The van der Waals surface area contributed by atoms with E-state index in [1.54, 1.807) is 30.3 Å². The SMILES string of the molecule is C#CCC.O=C(O)c1ccc2ccccc2c1C(=O)O. The summed E-state index contributed by atoms with van der Waals surface area (Å²) in [6, 6.07) is 9.72. The number of hydrogen-bond donors (Lipinski definition) is 2. The molecule has 0 saturated carbocycles. The van der Waals surface area contributed by atoms with Gasteiger partial charge in [-0.25, -0.2) is 9.59 Å². The average Bonchev–Trinajstić information content (AvgIpc) is 2.45. The third-order valence-corrected chi connectivity index (χ3v) is 2.58. The molecule has 0 bridgehead atoms. The molecule has 0 radical (unpaired) electrons. The van der Waals surface area contributed by atoms with Crippen molar-refractivity contribution in [1.82, 2.24) is 0 Å². The molecule has 0 aliphatic carbocycles. The Morgan fingerprint density at radius 1 is 1.10 bits per heavy atom. The van der Waals surface area contributed by atoms with Crippen LogP contribution in [-0.2, 0) is 0 Å². The molecule has 0 saturated heterocycles. The number of carbonyl (C=O) groups is 2. The van der Waals surface area contributed by atoms with Crippen molar-refractivity contribution < 1.29 is 19.8 Å². The van der Waals surface area contributed by atoms with Crippen molar-refractivity contribution in [2.24, 2.45) is 0 Å². The topological polar surface area (TPSA) is 74.6 Å². The van der Waals surface area contributed by atoms with Gasteiger partial charge in [0.05, 0.1) is 11.1 Å². The number of terminal acetylenes is 1. The van der Waals surface area contributed by atoms with Crippen LogP contribution in [0.25, 0.3) is 10.8 Å². The maximum atomic E-state index is 11.1. The Labute approximate surface area is 116 Å². The van der Waals surface area contributed by atoms with E-state index in [0.29, 0.717) is 10.8 Å². The van der Waals surface area contributed by atoms with E-state index in [9.17, 15) is 9.59 Å². The Bertz CT molecular complexity index is 680. The van der Waals surface area contributed by atoms with Gasteiger partial charge in [0.25, 0.3) is 0 Å². The molecule has 0 aliphatic rings. The zero-order valence-electron chi connectivity index (χ0n) is 11.0. The van der Waals surface area contributed by atoms with Gasteiger partial charge in [-0.3, -0.25) is 0 Å². The predicted molar refractivity (Wildman–Crippen MR) is 77.0 cm³/mol. The van der Waals surface area contributed by atoms with E-state index in [2.05, 4.69) is 5.92 Å². The summed E-state index contributed by atoms with van der Waals surface area (Å²) in [5.41, 5.74) is -0.350. The van der Waals surface area contributed by atoms with E-state index in [1.807, 2.05) is 6.92 Å². The average molecular weight is 270 g/mol. The van der Waals surface area contributed by atoms with E-state index >= 15 is 0 Å². The van der Waals surface area contributed by atoms with Crippen molar-refractivity contribution >= 4 is 22.7 Å². The molecule has 0 amide bonds. The summed E-state index contributed by atoms with van der Waals surface area (Å²) in [5.74, 6) is -0.0302. The first-order valence-electron chi connectivity index (χ1n) is 5.94. The van der Waals surface area contributed by atoms with Crippen LogP contribution in [-0.4, -0.2) is 22.2 Å². The molecule has 2 aromatic carbocycles. The van der Waals surface area contributed by atoms with Gasteiger partial charge in [-0.2, -0.15) is 0 Å². The van der Waals surface area contributed by atoms with Gasteiger partial charge in [-0.1, -0.05) is 37.3 Å². The van der Waals surface area contributed by atoms with Crippen LogP contribution in [0.2, 0.25) is 0 Å². The molecule has 0 atom stereocenters. The Balaban J connectivity index is 0.000000444. The normalized spacial score (nSPS) is 9.20. The second-order valence-corrected chi connectivity index (χ2v) is 3.88. The quantitative estimate of drug-likeness (QED) is 0.821. The molecule has 0 unspecified atom stereocenters. The van der Waals surface area contributed by atoms with Crippen molar-refractivity contribution in [2.75, 3.05) is 0 Å². The largest absolute Gasteiger partial charge is 0.478 e. The van der Waals surface area contributed by atoms with Crippen LogP contribution in [0, 0.1) is 12.3 Å². The minimum atomic E-state index is -1.23. The summed E-state index contributed by atoms with van der Waals surface area (Å²) in [4.78, 5) is 22.0. The molecule has 0 spiro atoms. The number of aromatic carboxylic acids is 2. The molecule has 0 heterocycles. The highest BCUT2D eigenvalue weighted by molar-refractivity contribution is 6.11. The summed E-state index contributed by atoms with van der Waals surface area (Å²) >= 11 is 0. The van der Waals surface area contributed by atoms with Crippen molar-refractivity contribution in [3.05, 3.63) is 47.5 Å². The van der Waals surface area contributed by atoms with E-state index in [1.165, 1.54) is 6.07 Å². The van der Waals surface area contributed by atoms with Gasteiger partial charge in [0.15, 0.2) is 0 Å². The number of carboxylic acids is 2. The lowest BCUT2D eigenvalue weighted by atomic mass is 9.99. The zero-order valence-corrected chi connectivity index (χ0v) is 11.0. The van der Waals surface area contributed by atoms with Crippen LogP contribution >= 0.6 is 0 Å². The third kappa shape index (κ3) is 3.36. The molecule has 4 heteroatoms. The van der Waals surface area contributed by atoms with Crippen LogP contribution in [0.4, 0.5) is 0 Å². The Morgan fingerprint density at radius 3 is 2.20 bits per heavy atom. The summed E-state index contributed by atoms with van der Waals surface area (Å²) < 4.78 is 0. The maximum absolute atomic E-state index is 11.1. The minimum Gasteiger partial charge on any atom is -0.478 e. The smallest absolute Gasteiger partial charge is 0.337 e. The van der Waals surface area contributed by atoms with Crippen molar-refractivity contribution in [3.63, 3.8) is 0 Å². The lowest BCUT2D eigenvalue weighted by molar-refractivity contribution is 0.0653. The summed E-state index contributed by atoms with van der Waals surface area (Å²) in [7, 11) is 0. The first-order valence-corrected chi connectivity index (χ1v) is 5.94. The minimum absolute atomic E-state index is 0.161. The summed E-state index contributed by atoms with van der Waals surface area (Å²) in [5, 5.41) is 19.1. The van der Waals surface area contributed by atoms with E-state index in [0.717, 1.165) is 6.42 Å². The molecule has 2 aromatic rings. The van der Waals surface area contributed by atoms with Crippen LogP contribution < -0.4 is 0 Å². The Hall–Kier alpha value is -2.80. The molecular formula is C16H14O4. The first kappa shape index (κ1) is 15.3. The van der Waals surface area contributed by atoms with Crippen LogP contribution in [0.3, 0.4) is 0 Å². The standard InChI is InChI=1S/C12H8O4.C4H6/c13-11(14)9-6-5-7-3-1-2-4-8(7)10(9)12(15)16;1-3-4-2/h1-6H,(H,13,14)(H,15,16);1H,4H2,2H3. The predicted octanol–water partition coefficient (Wildman–Crippen LogP) is 3.27. The van der Waals surface area contributed by atoms with Crippen molar-refractivity contribution in [3.8, 4) is 12.3 Å². The van der Waals surface area contributed by atoms with Gasteiger partial charge in [-0.15, -0.1) is 12.3 Å². The molecule has 20 heavy (non-hydrogen) atoms. The fourth-order valence-corrected chi connectivity index (χ4v) is 1.68. The highest BCUT2D eigenvalue weighted by Gasteiger charge is 2.18. The van der Waals surface area contributed by atoms with Gasteiger partial charge in [0, 0.05) is 6.42 Å². The molecule has 0 aromatic heterocycles. The second-order valence-electron chi connectivity index (χ2n) is 3.88. The molecule has 102 valence electrons. The lowest BCUT2D eigenvalue weighted by Gasteiger charge is -2.05. The number of rotatable bonds is 2. The van der Waals surface area contributed by atoms with Crippen LogP contribution in [0.5, 0.6) is 0 Å². The second kappa shape index (κ2) is 6.95. The molecule has 2 rings (SSSR count).